The van der Waals surface area contributed by atoms with Crippen LogP contribution in [0, 0.1) is 0 Å². The topological polar surface area (TPSA) is 0 Å². The zero-order valence-corrected chi connectivity index (χ0v) is 5.31. The molecule has 0 amide bonds. The van der Waals surface area contributed by atoms with Gasteiger partial charge in [-0.2, -0.15) is 0 Å². The van der Waals surface area contributed by atoms with Gasteiger partial charge in [-0.25, -0.2) is 0 Å². The second kappa shape index (κ2) is 2.08. The molecule has 0 bridgehead atoms. The third kappa shape index (κ3) is 1.16. The van der Waals surface area contributed by atoms with Gasteiger partial charge in [0.25, 0.3) is 0 Å². The molecule has 2 heteroatoms. The van der Waals surface area contributed by atoms with E-state index in [1.54, 1.807) is 0 Å². The maximum atomic E-state index is 2.17. The third-order valence-electron chi connectivity index (χ3n) is 1.17. The molecule has 0 aromatic heterocycles. The van der Waals surface area contributed by atoms with Crippen molar-refractivity contribution in [1.29, 1.82) is 0 Å². The van der Waals surface area contributed by atoms with Gasteiger partial charge in [0.15, 0.2) is 0 Å². The fourth-order valence-corrected chi connectivity index (χ4v) is 0.807. The van der Waals surface area contributed by atoms with Crippen LogP contribution in [-0.2, 0) is 0 Å². The first-order chi connectivity index (χ1) is 3.79. The van der Waals surface area contributed by atoms with Crippen molar-refractivity contribution in [2.75, 3.05) is 0 Å². The zero-order chi connectivity index (χ0) is 5.98. The Morgan fingerprint density at radius 2 is 1.50 bits per heavy atom. The quantitative estimate of drug-likeness (QED) is 0.339. The summed E-state index contributed by atoms with van der Waals surface area (Å²) in [5.74, 6) is 0. The molecule has 1 aromatic rings. The van der Waals surface area contributed by atoms with Crippen LogP contribution in [0.1, 0.15) is 0 Å². The number of benzene rings is 1. The van der Waals surface area contributed by atoms with Crippen LogP contribution < -0.4 is 10.9 Å². The minimum absolute atomic E-state index is 1.34. The number of rotatable bonds is 0. The summed E-state index contributed by atoms with van der Waals surface area (Å²) in [5.41, 5.74) is 2.68. The lowest BCUT2D eigenvalue weighted by molar-refractivity contribution is 1.84. The fourth-order valence-electron chi connectivity index (χ4n) is 0.807. The van der Waals surface area contributed by atoms with Gasteiger partial charge < -0.3 is 0 Å². The summed E-state index contributed by atoms with van der Waals surface area (Å²) in [5, 5.41) is 0. The number of hydrogen-bond donors (Lipinski definition) is 0. The molecule has 0 fully saturated rings. The van der Waals surface area contributed by atoms with E-state index in [1.807, 2.05) is 0 Å². The van der Waals surface area contributed by atoms with Crippen molar-refractivity contribution in [1.82, 2.24) is 0 Å². The monoisotopic (exact) mass is 102 g/mol. The van der Waals surface area contributed by atoms with Crippen molar-refractivity contribution in [3.8, 4) is 0 Å². The van der Waals surface area contributed by atoms with E-state index in [0.717, 1.165) is 0 Å². The van der Waals surface area contributed by atoms with E-state index < -0.39 is 0 Å². The molecule has 0 aliphatic heterocycles. The molecular weight excluding hydrogens is 93.7 g/mol. The summed E-state index contributed by atoms with van der Waals surface area (Å²) in [6, 6.07) is 8.45. The summed E-state index contributed by atoms with van der Waals surface area (Å²) in [6.07, 6.45) is 0. The van der Waals surface area contributed by atoms with Crippen LogP contribution in [-0.4, -0.2) is 15.7 Å². The van der Waals surface area contributed by atoms with Crippen LogP contribution >= 0.6 is 0 Å². The van der Waals surface area contributed by atoms with Crippen LogP contribution in [0.3, 0.4) is 0 Å². The maximum Gasteiger partial charge on any atom is 0.139 e. The maximum absolute atomic E-state index is 2.17. The Morgan fingerprint density at radius 3 is 1.75 bits per heavy atom. The molecule has 0 saturated heterocycles. The van der Waals surface area contributed by atoms with E-state index in [2.05, 4.69) is 40.0 Å². The predicted octanol–water partition coefficient (Wildman–Crippen LogP) is -1.80. The van der Waals surface area contributed by atoms with Gasteiger partial charge in [0, 0.05) is 0 Å². The van der Waals surface area contributed by atoms with Crippen LogP contribution in [0.5, 0.6) is 0 Å². The molecule has 0 N–H and O–H groups in total. The lowest BCUT2D eigenvalue weighted by atomic mass is 9.88. The highest BCUT2D eigenvalue weighted by Crippen LogP contribution is 1.73. The molecule has 0 unspecified atom stereocenters. The highest BCUT2D eigenvalue weighted by molar-refractivity contribution is 6.37. The average Bonchev–Trinajstić information content (AvgIpc) is 1.64. The van der Waals surface area contributed by atoms with Crippen molar-refractivity contribution < 1.29 is 0 Å². The molecule has 0 atom stereocenters. The Labute approximate surface area is 51.7 Å². The van der Waals surface area contributed by atoms with Crippen LogP contribution in [0.2, 0.25) is 0 Å². The highest BCUT2D eigenvalue weighted by atomic mass is 13.8. The van der Waals surface area contributed by atoms with Gasteiger partial charge in [-0.15, -0.1) is 0 Å². The molecule has 0 aliphatic rings. The van der Waals surface area contributed by atoms with Gasteiger partial charge in [0.1, 0.15) is 15.7 Å². The molecule has 0 spiro atoms. The zero-order valence-electron chi connectivity index (χ0n) is 5.31. The van der Waals surface area contributed by atoms with Gasteiger partial charge in [-0.1, -0.05) is 35.2 Å². The third-order valence-corrected chi connectivity index (χ3v) is 1.17. The van der Waals surface area contributed by atoms with Crippen molar-refractivity contribution in [3.63, 3.8) is 0 Å². The Hall–Kier alpha value is -0.650. The van der Waals surface area contributed by atoms with E-state index in [9.17, 15) is 0 Å². The standard InChI is InChI=1S/C6H8B2/c7-5-2-1-3-6(8)4-5/h1-4H,7-8H2. The Bertz CT molecular complexity index is 166. The summed E-state index contributed by atoms with van der Waals surface area (Å²) < 4.78 is 0. The van der Waals surface area contributed by atoms with Crippen molar-refractivity contribution in [2.24, 2.45) is 0 Å². The molecule has 38 valence electrons. The van der Waals surface area contributed by atoms with Crippen LogP contribution in [0.25, 0.3) is 0 Å². The van der Waals surface area contributed by atoms with Crippen molar-refractivity contribution in [2.45, 2.75) is 0 Å². The SMILES string of the molecule is Bc1cccc(B)c1. The van der Waals surface area contributed by atoms with E-state index in [4.69, 9.17) is 0 Å². The van der Waals surface area contributed by atoms with Crippen molar-refractivity contribution >= 4 is 26.6 Å². The first kappa shape index (κ1) is 5.49. The molecule has 0 heterocycles. The Kier molecular flexibility index (Phi) is 1.43. The highest BCUT2D eigenvalue weighted by Gasteiger charge is 1.81. The molecule has 0 radical (unpaired) electrons. The van der Waals surface area contributed by atoms with E-state index in [-0.39, 0.29) is 0 Å². The van der Waals surface area contributed by atoms with Gasteiger partial charge in [0.2, 0.25) is 0 Å². The Morgan fingerprint density at radius 1 is 1.00 bits per heavy atom. The van der Waals surface area contributed by atoms with Crippen LogP contribution in [0.4, 0.5) is 0 Å². The van der Waals surface area contributed by atoms with E-state index >= 15 is 0 Å². The summed E-state index contributed by atoms with van der Waals surface area (Å²) >= 11 is 0. The Balaban J connectivity index is 3.08. The lowest BCUT2D eigenvalue weighted by Crippen LogP contribution is -2.11. The molecule has 1 aromatic carbocycles. The fraction of sp³-hybridized carbons (Fsp3) is 0. The molecule has 0 aliphatic carbocycles. The molecule has 0 saturated carbocycles. The first-order valence-electron chi connectivity index (χ1n) is 2.82. The van der Waals surface area contributed by atoms with E-state index in [0.29, 0.717) is 0 Å². The summed E-state index contributed by atoms with van der Waals surface area (Å²) in [4.78, 5) is 0. The first-order valence-corrected chi connectivity index (χ1v) is 2.82. The summed E-state index contributed by atoms with van der Waals surface area (Å²) in [7, 11) is 4.21. The largest absolute Gasteiger partial charge is 0.139 e. The normalized spacial score (nSPS) is 9.00. The minimum atomic E-state index is 1.34. The smallest absolute Gasteiger partial charge is 0.0895 e. The minimum Gasteiger partial charge on any atom is -0.0895 e. The van der Waals surface area contributed by atoms with E-state index in [1.165, 1.54) is 10.9 Å². The van der Waals surface area contributed by atoms with Gasteiger partial charge in [-0.05, 0) is 0 Å². The molecule has 0 nitrogen and oxygen atoms in total. The second-order valence-electron chi connectivity index (χ2n) is 2.16. The van der Waals surface area contributed by atoms with Gasteiger partial charge >= 0.3 is 0 Å². The average molecular weight is 102 g/mol. The second-order valence-corrected chi connectivity index (χ2v) is 2.16. The summed E-state index contributed by atoms with van der Waals surface area (Å²) in [6.45, 7) is 0. The van der Waals surface area contributed by atoms with Crippen molar-refractivity contribution in [3.05, 3.63) is 24.3 Å². The van der Waals surface area contributed by atoms with Crippen LogP contribution in [0.15, 0.2) is 24.3 Å². The number of hydrogen-bond acceptors (Lipinski definition) is 0. The molecule has 1 rings (SSSR count). The lowest BCUT2D eigenvalue weighted by Gasteiger charge is -1.90. The molecular formula is C6H8B2. The molecule has 8 heavy (non-hydrogen) atoms. The van der Waals surface area contributed by atoms with Gasteiger partial charge in [-0.3, -0.25) is 0 Å². The van der Waals surface area contributed by atoms with Gasteiger partial charge in [0.05, 0.1) is 0 Å². The predicted molar refractivity (Wildman–Crippen MR) is 42.8 cm³/mol.